The van der Waals surface area contributed by atoms with Crippen molar-refractivity contribution in [2.75, 3.05) is 0 Å². The van der Waals surface area contributed by atoms with Gasteiger partial charge in [-0.2, -0.15) is 0 Å². The third-order valence-electron chi connectivity index (χ3n) is 4.08. The van der Waals surface area contributed by atoms with Crippen LogP contribution < -0.4 is 0 Å². The fourth-order valence-corrected chi connectivity index (χ4v) is 5.23. The summed E-state index contributed by atoms with van der Waals surface area (Å²) in [5.74, 6) is -0.0774. The zero-order valence-corrected chi connectivity index (χ0v) is 13.9. The lowest BCUT2D eigenvalue weighted by Gasteiger charge is -2.29. The number of rotatable bonds is 6. The van der Waals surface area contributed by atoms with E-state index < -0.39 is 26.9 Å². The number of hydrogen-bond acceptors (Lipinski definition) is 5. The lowest BCUT2D eigenvalue weighted by Crippen LogP contribution is -2.42. The van der Waals surface area contributed by atoms with E-state index >= 15 is 0 Å². The third-order valence-corrected chi connectivity index (χ3v) is 6.03. The molecule has 1 saturated carbocycles. The van der Waals surface area contributed by atoms with Crippen LogP contribution in [-0.2, 0) is 23.8 Å². The molecule has 0 aromatic rings. The molecule has 0 bridgehead atoms. The van der Waals surface area contributed by atoms with Crippen LogP contribution in [0.25, 0.3) is 0 Å². The zero-order valence-electron chi connectivity index (χ0n) is 12.5. The fourth-order valence-electron chi connectivity index (χ4n) is 3.19. The Bertz CT molecular complexity index is 368. The minimum absolute atomic E-state index is 0.395. The summed E-state index contributed by atoms with van der Waals surface area (Å²) >= 11 is 0. The molecule has 1 heterocycles. The van der Waals surface area contributed by atoms with E-state index in [9.17, 15) is 9.59 Å². The standard InChI is InChI=1S/C14H24O5Si/c1-9(15)18-14(3,19-10(2)16)20-7-6-11-4-5-12-13(8-11)17-12/h11-13H,4-8,20H2,1-3H3. The van der Waals surface area contributed by atoms with Gasteiger partial charge in [0.2, 0.25) is 5.41 Å². The summed E-state index contributed by atoms with van der Waals surface area (Å²) in [4.78, 5) is 22.3. The van der Waals surface area contributed by atoms with Crippen LogP contribution >= 0.6 is 0 Å². The molecule has 0 N–H and O–H groups in total. The first kappa shape index (κ1) is 15.5. The van der Waals surface area contributed by atoms with Crippen LogP contribution in [0.15, 0.2) is 0 Å². The molecule has 0 aromatic carbocycles. The summed E-state index contributed by atoms with van der Waals surface area (Å²) in [7, 11) is -0.832. The molecule has 5 nitrogen and oxygen atoms in total. The largest absolute Gasteiger partial charge is 0.428 e. The second-order valence-electron chi connectivity index (χ2n) is 6.11. The Morgan fingerprint density at radius 1 is 1.20 bits per heavy atom. The van der Waals surface area contributed by atoms with E-state index in [1.807, 2.05) is 0 Å². The van der Waals surface area contributed by atoms with Crippen molar-refractivity contribution in [2.24, 2.45) is 5.92 Å². The fraction of sp³-hybridized carbons (Fsp3) is 0.857. The Morgan fingerprint density at radius 3 is 2.40 bits per heavy atom. The van der Waals surface area contributed by atoms with E-state index in [1.54, 1.807) is 6.92 Å². The number of fused-ring (bicyclic) bond motifs is 1. The molecule has 3 unspecified atom stereocenters. The molecule has 0 radical (unpaired) electrons. The average molecular weight is 300 g/mol. The Morgan fingerprint density at radius 2 is 1.85 bits per heavy atom. The second kappa shape index (κ2) is 6.26. The molecule has 2 aliphatic rings. The number of ether oxygens (including phenoxy) is 3. The molecule has 0 amide bonds. The molecule has 0 spiro atoms. The van der Waals surface area contributed by atoms with Crippen molar-refractivity contribution in [3.8, 4) is 0 Å². The summed E-state index contributed by atoms with van der Waals surface area (Å²) in [5, 5.41) is 0. The van der Waals surface area contributed by atoms with Gasteiger partial charge in [-0.3, -0.25) is 9.59 Å². The number of hydrogen-bond donors (Lipinski definition) is 0. The van der Waals surface area contributed by atoms with Crippen molar-refractivity contribution in [3.63, 3.8) is 0 Å². The number of epoxide rings is 1. The highest BCUT2D eigenvalue weighted by Crippen LogP contribution is 2.41. The molecule has 2 rings (SSSR count). The smallest absolute Gasteiger partial charge is 0.305 e. The molecular formula is C14H24O5Si. The van der Waals surface area contributed by atoms with E-state index in [0.29, 0.717) is 18.1 Å². The van der Waals surface area contributed by atoms with Gasteiger partial charge >= 0.3 is 11.9 Å². The molecule has 0 aromatic heterocycles. The van der Waals surface area contributed by atoms with E-state index in [0.717, 1.165) is 18.9 Å². The van der Waals surface area contributed by atoms with Crippen molar-refractivity contribution < 1.29 is 23.8 Å². The number of esters is 2. The SMILES string of the molecule is CC(=O)OC(C)(OC(C)=O)[SiH2]CCC1CCC2OC2C1. The zero-order chi connectivity index (χ0) is 14.8. The first-order chi connectivity index (χ1) is 9.38. The van der Waals surface area contributed by atoms with Crippen LogP contribution in [0.4, 0.5) is 0 Å². The Balaban J connectivity index is 1.75. The minimum Gasteiger partial charge on any atom is -0.428 e. The average Bonchev–Trinajstić information content (AvgIpc) is 3.04. The number of carbonyl (C=O) groups excluding carboxylic acids is 2. The summed E-state index contributed by atoms with van der Waals surface area (Å²) in [6, 6.07) is 1.01. The van der Waals surface area contributed by atoms with Crippen LogP contribution in [0, 0.1) is 5.92 Å². The molecule has 2 fully saturated rings. The quantitative estimate of drug-likeness (QED) is 0.320. The monoisotopic (exact) mass is 300 g/mol. The maximum atomic E-state index is 11.1. The molecule has 1 aliphatic heterocycles. The number of carbonyl (C=O) groups is 2. The van der Waals surface area contributed by atoms with Gasteiger partial charge in [0.05, 0.1) is 12.2 Å². The molecule has 3 atom stereocenters. The van der Waals surface area contributed by atoms with Crippen LogP contribution in [0.5, 0.6) is 0 Å². The van der Waals surface area contributed by atoms with Gasteiger partial charge < -0.3 is 14.2 Å². The van der Waals surface area contributed by atoms with Crippen LogP contribution in [-0.4, -0.2) is 39.1 Å². The summed E-state index contributed by atoms with van der Waals surface area (Å²) < 4.78 is 16.0. The second-order valence-corrected chi connectivity index (χ2v) is 8.60. The van der Waals surface area contributed by atoms with E-state index in [-0.39, 0.29) is 0 Å². The Kier molecular flexibility index (Phi) is 4.85. The molecule has 20 heavy (non-hydrogen) atoms. The van der Waals surface area contributed by atoms with Crippen LogP contribution in [0.3, 0.4) is 0 Å². The van der Waals surface area contributed by atoms with Crippen molar-refractivity contribution in [2.45, 2.75) is 70.1 Å². The lowest BCUT2D eigenvalue weighted by atomic mass is 9.88. The molecule has 1 aliphatic carbocycles. The topological polar surface area (TPSA) is 65.1 Å². The normalized spacial score (nSPS) is 29.1. The first-order valence-corrected chi connectivity index (χ1v) is 9.13. The Labute approximate surface area is 122 Å². The van der Waals surface area contributed by atoms with Crippen molar-refractivity contribution in [3.05, 3.63) is 0 Å². The highest BCUT2D eigenvalue weighted by molar-refractivity contribution is 6.39. The van der Waals surface area contributed by atoms with Crippen LogP contribution in [0.1, 0.15) is 46.5 Å². The maximum Gasteiger partial charge on any atom is 0.305 e. The highest BCUT2D eigenvalue weighted by atomic mass is 28.2. The van der Waals surface area contributed by atoms with Gasteiger partial charge in [-0.05, 0) is 25.2 Å². The Hall–Kier alpha value is -0.883. The van der Waals surface area contributed by atoms with Gasteiger partial charge in [-0.25, -0.2) is 0 Å². The first-order valence-electron chi connectivity index (χ1n) is 7.42. The van der Waals surface area contributed by atoms with Gasteiger partial charge in [-0.1, -0.05) is 12.5 Å². The third kappa shape index (κ3) is 4.59. The van der Waals surface area contributed by atoms with Crippen LogP contribution in [0.2, 0.25) is 6.04 Å². The van der Waals surface area contributed by atoms with Gasteiger partial charge in [0, 0.05) is 20.8 Å². The van der Waals surface area contributed by atoms with E-state index in [2.05, 4.69) is 0 Å². The van der Waals surface area contributed by atoms with Gasteiger partial charge in [0.15, 0.2) is 0 Å². The maximum absolute atomic E-state index is 11.1. The predicted octanol–water partition coefficient (Wildman–Crippen LogP) is 1.33. The minimum atomic E-state index is -0.995. The predicted molar refractivity (Wildman–Crippen MR) is 75.9 cm³/mol. The molecule has 114 valence electrons. The van der Waals surface area contributed by atoms with Crippen molar-refractivity contribution >= 4 is 21.5 Å². The highest BCUT2D eigenvalue weighted by Gasteiger charge is 2.43. The van der Waals surface area contributed by atoms with E-state index in [1.165, 1.54) is 26.7 Å². The van der Waals surface area contributed by atoms with E-state index in [4.69, 9.17) is 14.2 Å². The summed E-state index contributed by atoms with van der Waals surface area (Å²) in [6.45, 7) is 4.41. The van der Waals surface area contributed by atoms with Crippen molar-refractivity contribution in [1.82, 2.24) is 0 Å². The van der Waals surface area contributed by atoms with Gasteiger partial charge in [-0.15, -0.1) is 0 Å². The summed E-state index contributed by atoms with van der Waals surface area (Å²) in [5.41, 5.74) is -0.995. The summed E-state index contributed by atoms with van der Waals surface area (Å²) in [6.07, 6.45) is 5.74. The molecule has 6 heteroatoms. The van der Waals surface area contributed by atoms with Gasteiger partial charge in [0.1, 0.15) is 9.52 Å². The molecule has 1 saturated heterocycles. The lowest BCUT2D eigenvalue weighted by molar-refractivity contribution is -0.194. The van der Waals surface area contributed by atoms with Gasteiger partial charge in [0.25, 0.3) is 0 Å². The molecular weight excluding hydrogens is 276 g/mol. The van der Waals surface area contributed by atoms with Crippen molar-refractivity contribution in [1.29, 1.82) is 0 Å².